The number of benzene rings is 2. The van der Waals surface area contributed by atoms with Crippen LogP contribution in [0.5, 0.6) is 11.5 Å². The van der Waals surface area contributed by atoms with E-state index in [0.29, 0.717) is 24.5 Å². The molecule has 0 fully saturated rings. The van der Waals surface area contributed by atoms with E-state index >= 15 is 0 Å². The molecule has 2 aromatic carbocycles. The lowest BCUT2D eigenvalue weighted by Gasteiger charge is -2.19. The van der Waals surface area contributed by atoms with Gasteiger partial charge in [0.2, 0.25) is 0 Å². The van der Waals surface area contributed by atoms with Crippen molar-refractivity contribution in [3.05, 3.63) is 42.0 Å². The number of hydrogen-bond donors (Lipinski definition) is 2. The number of nitriles is 1. The first-order valence-corrected chi connectivity index (χ1v) is 6.22. The summed E-state index contributed by atoms with van der Waals surface area (Å²) in [6.07, 6.45) is 0. The van der Waals surface area contributed by atoms with Crippen LogP contribution in [-0.2, 0) is 0 Å². The molecular weight excluding hydrogens is 254 g/mol. The Balaban J connectivity index is 1.84. The number of anilines is 3. The van der Waals surface area contributed by atoms with Gasteiger partial charge in [-0.25, -0.2) is 0 Å². The number of hydrogen-bond acceptors (Lipinski definition) is 5. The van der Waals surface area contributed by atoms with Gasteiger partial charge >= 0.3 is 0 Å². The maximum atomic E-state index is 8.85. The third-order valence-electron chi connectivity index (χ3n) is 3.00. The fraction of sp³-hybridized carbons (Fsp3) is 0.133. The Morgan fingerprint density at radius 1 is 1.00 bits per heavy atom. The second-order valence-corrected chi connectivity index (χ2v) is 4.40. The first-order chi connectivity index (χ1) is 9.76. The number of nitrogens with two attached hydrogens (primary N) is 1. The molecule has 5 heteroatoms. The summed E-state index contributed by atoms with van der Waals surface area (Å²) in [4.78, 5) is 0. The third-order valence-corrected chi connectivity index (χ3v) is 3.00. The molecule has 0 bridgehead atoms. The van der Waals surface area contributed by atoms with E-state index in [-0.39, 0.29) is 0 Å². The first-order valence-electron chi connectivity index (χ1n) is 6.22. The fourth-order valence-electron chi connectivity index (χ4n) is 2.03. The second-order valence-electron chi connectivity index (χ2n) is 4.40. The molecule has 100 valence electrons. The molecule has 0 aliphatic carbocycles. The average molecular weight is 267 g/mol. The van der Waals surface area contributed by atoms with Gasteiger partial charge in [0.25, 0.3) is 0 Å². The second kappa shape index (κ2) is 5.02. The number of nitrogens with zero attached hydrogens (tertiary/aromatic N) is 1. The van der Waals surface area contributed by atoms with Crippen molar-refractivity contribution in [2.24, 2.45) is 0 Å². The van der Waals surface area contributed by atoms with Crippen molar-refractivity contribution in [1.82, 2.24) is 0 Å². The highest BCUT2D eigenvalue weighted by Crippen LogP contribution is 2.33. The van der Waals surface area contributed by atoms with Crippen LogP contribution in [0.15, 0.2) is 36.4 Å². The SMILES string of the molecule is N#Cc1ccc(Nc2ccc3c(c2)OCCO3)cc1N. The Morgan fingerprint density at radius 3 is 2.45 bits per heavy atom. The predicted octanol–water partition coefficient (Wildman–Crippen LogP) is 2.66. The smallest absolute Gasteiger partial charge is 0.163 e. The molecule has 0 atom stereocenters. The van der Waals surface area contributed by atoms with E-state index in [1.54, 1.807) is 12.1 Å². The molecule has 0 saturated heterocycles. The van der Waals surface area contributed by atoms with E-state index < -0.39 is 0 Å². The Labute approximate surface area is 116 Å². The van der Waals surface area contributed by atoms with Gasteiger partial charge in [0.15, 0.2) is 11.5 Å². The van der Waals surface area contributed by atoms with Crippen molar-refractivity contribution in [2.45, 2.75) is 0 Å². The number of fused-ring (bicyclic) bond motifs is 1. The first kappa shape index (κ1) is 12.2. The van der Waals surface area contributed by atoms with E-state index in [1.165, 1.54) is 0 Å². The molecule has 3 rings (SSSR count). The van der Waals surface area contributed by atoms with Gasteiger partial charge in [-0.2, -0.15) is 5.26 Å². The molecule has 1 aliphatic rings. The normalized spacial score (nSPS) is 12.6. The lowest BCUT2D eigenvalue weighted by molar-refractivity contribution is 0.171. The Kier molecular flexibility index (Phi) is 3.05. The number of rotatable bonds is 2. The quantitative estimate of drug-likeness (QED) is 0.818. The summed E-state index contributed by atoms with van der Waals surface area (Å²) < 4.78 is 11.0. The zero-order chi connectivity index (χ0) is 13.9. The molecule has 1 heterocycles. The summed E-state index contributed by atoms with van der Waals surface area (Å²) in [6, 6.07) is 12.9. The van der Waals surface area contributed by atoms with Crippen LogP contribution in [0.25, 0.3) is 0 Å². The van der Waals surface area contributed by atoms with Gasteiger partial charge in [0, 0.05) is 17.4 Å². The number of ether oxygens (including phenoxy) is 2. The summed E-state index contributed by atoms with van der Waals surface area (Å²) >= 11 is 0. The summed E-state index contributed by atoms with van der Waals surface area (Å²) in [5.74, 6) is 1.48. The fourth-order valence-corrected chi connectivity index (χ4v) is 2.03. The Bertz CT molecular complexity index is 692. The molecule has 20 heavy (non-hydrogen) atoms. The van der Waals surface area contributed by atoms with Crippen LogP contribution in [0.4, 0.5) is 17.1 Å². The van der Waals surface area contributed by atoms with Gasteiger partial charge in [-0.3, -0.25) is 0 Å². The van der Waals surface area contributed by atoms with Gasteiger partial charge in [0.05, 0.1) is 11.3 Å². The third kappa shape index (κ3) is 2.31. The average Bonchev–Trinajstić information content (AvgIpc) is 2.47. The minimum absolute atomic E-state index is 0.454. The van der Waals surface area contributed by atoms with Crippen LogP contribution < -0.4 is 20.5 Å². The Hall–Kier alpha value is -2.87. The molecule has 0 unspecified atom stereocenters. The molecule has 3 N–H and O–H groups in total. The van der Waals surface area contributed by atoms with Crippen molar-refractivity contribution < 1.29 is 9.47 Å². The highest BCUT2D eigenvalue weighted by Gasteiger charge is 2.11. The molecule has 0 aromatic heterocycles. The minimum Gasteiger partial charge on any atom is -0.486 e. The molecule has 0 spiro atoms. The monoisotopic (exact) mass is 267 g/mol. The summed E-state index contributed by atoms with van der Waals surface area (Å²) in [6.45, 7) is 1.13. The zero-order valence-corrected chi connectivity index (χ0v) is 10.7. The standard InChI is InChI=1S/C15H13N3O2/c16-9-10-1-2-11(7-13(10)17)18-12-3-4-14-15(8-12)20-6-5-19-14/h1-4,7-8,18H,5-6,17H2. The van der Waals surface area contributed by atoms with Crippen molar-refractivity contribution in [2.75, 3.05) is 24.3 Å². The van der Waals surface area contributed by atoms with Crippen LogP contribution in [0.1, 0.15) is 5.56 Å². The largest absolute Gasteiger partial charge is 0.486 e. The van der Waals surface area contributed by atoms with E-state index in [2.05, 4.69) is 5.32 Å². The molecule has 5 nitrogen and oxygen atoms in total. The zero-order valence-electron chi connectivity index (χ0n) is 10.7. The molecule has 2 aromatic rings. The summed E-state index contributed by atoms with van der Waals surface area (Å²) in [7, 11) is 0. The van der Waals surface area contributed by atoms with E-state index in [9.17, 15) is 0 Å². The van der Waals surface area contributed by atoms with Crippen LogP contribution >= 0.6 is 0 Å². The highest BCUT2D eigenvalue weighted by molar-refractivity contribution is 5.69. The lowest BCUT2D eigenvalue weighted by atomic mass is 10.1. The molecule has 0 saturated carbocycles. The van der Waals surface area contributed by atoms with E-state index in [4.69, 9.17) is 20.5 Å². The van der Waals surface area contributed by atoms with Gasteiger partial charge in [-0.1, -0.05) is 0 Å². The van der Waals surface area contributed by atoms with Gasteiger partial charge < -0.3 is 20.5 Å². The van der Waals surface area contributed by atoms with E-state index in [1.807, 2.05) is 30.3 Å². The maximum Gasteiger partial charge on any atom is 0.163 e. The minimum atomic E-state index is 0.454. The molecule has 0 radical (unpaired) electrons. The molecule has 1 aliphatic heterocycles. The lowest BCUT2D eigenvalue weighted by Crippen LogP contribution is -2.15. The maximum absolute atomic E-state index is 8.85. The highest BCUT2D eigenvalue weighted by atomic mass is 16.6. The van der Waals surface area contributed by atoms with Gasteiger partial charge in [-0.05, 0) is 30.3 Å². The molecular formula is C15H13N3O2. The van der Waals surface area contributed by atoms with Crippen molar-refractivity contribution in [1.29, 1.82) is 5.26 Å². The predicted molar refractivity (Wildman–Crippen MR) is 76.3 cm³/mol. The van der Waals surface area contributed by atoms with Crippen molar-refractivity contribution >= 4 is 17.1 Å². The van der Waals surface area contributed by atoms with Crippen LogP contribution in [-0.4, -0.2) is 13.2 Å². The topological polar surface area (TPSA) is 80.3 Å². The van der Waals surface area contributed by atoms with Crippen molar-refractivity contribution in [3.8, 4) is 17.6 Å². The summed E-state index contributed by atoms with van der Waals surface area (Å²) in [5.41, 5.74) is 8.40. The van der Waals surface area contributed by atoms with Crippen LogP contribution in [0, 0.1) is 11.3 Å². The van der Waals surface area contributed by atoms with Crippen LogP contribution in [0.2, 0.25) is 0 Å². The van der Waals surface area contributed by atoms with Crippen LogP contribution in [0.3, 0.4) is 0 Å². The Morgan fingerprint density at radius 2 is 1.70 bits per heavy atom. The van der Waals surface area contributed by atoms with Crippen molar-refractivity contribution in [3.63, 3.8) is 0 Å². The van der Waals surface area contributed by atoms with Gasteiger partial charge in [-0.15, -0.1) is 0 Å². The van der Waals surface area contributed by atoms with E-state index in [0.717, 1.165) is 22.9 Å². The summed E-state index contributed by atoms with van der Waals surface area (Å²) in [5, 5.41) is 12.1. The number of nitrogens with one attached hydrogen (secondary N) is 1. The van der Waals surface area contributed by atoms with Gasteiger partial charge in [0.1, 0.15) is 19.3 Å². The molecule has 0 amide bonds. The number of nitrogen functional groups attached to an aromatic ring is 1.